The van der Waals surface area contributed by atoms with Crippen molar-refractivity contribution in [1.82, 2.24) is 0 Å². The van der Waals surface area contributed by atoms with Gasteiger partial charge in [0.15, 0.2) is 0 Å². The zero-order valence-electron chi connectivity index (χ0n) is 18.1. The van der Waals surface area contributed by atoms with Crippen molar-refractivity contribution in [2.45, 2.75) is 90.0 Å². The fourth-order valence-corrected chi connectivity index (χ4v) is 6.46. The highest BCUT2D eigenvalue weighted by atomic mass is 14.7. The van der Waals surface area contributed by atoms with Crippen molar-refractivity contribution < 1.29 is 0 Å². The lowest BCUT2D eigenvalue weighted by Crippen LogP contribution is -2.55. The third-order valence-electron chi connectivity index (χ3n) is 10.4. The molecule has 0 heterocycles. The van der Waals surface area contributed by atoms with Gasteiger partial charge in [0.25, 0.3) is 0 Å². The normalized spacial score (nSPS) is 41.9. The number of rotatable bonds is 0. The topological polar surface area (TPSA) is 0 Å². The summed E-state index contributed by atoms with van der Waals surface area (Å²) in [6, 6.07) is 0. The van der Waals surface area contributed by atoms with Crippen LogP contribution in [0.5, 0.6) is 0 Å². The number of allylic oxidation sites excluding steroid dienone is 4. The fourth-order valence-electron chi connectivity index (χ4n) is 6.46. The molecule has 2 bridgehead atoms. The van der Waals surface area contributed by atoms with E-state index < -0.39 is 0 Å². The molecule has 0 fully saturated rings. The van der Waals surface area contributed by atoms with Crippen LogP contribution in [-0.2, 0) is 0 Å². The van der Waals surface area contributed by atoms with E-state index in [2.05, 4.69) is 90.0 Å². The summed E-state index contributed by atoms with van der Waals surface area (Å²) >= 11 is 0. The minimum atomic E-state index is 0.116. The van der Waals surface area contributed by atoms with Crippen LogP contribution in [-0.4, -0.2) is 0 Å². The summed E-state index contributed by atoms with van der Waals surface area (Å²) < 4.78 is 0. The number of hydrogen-bond acceptors (Lipinski definition) is 0. The second kappa shape index (κ2) is 4.55. The van der Waals surface area contributed by atoms with Gasteiger partial charge in [0, 0.05) is 10.8 Å². The van der Waals surface area contributed by atoms with E-state index in [0.717, 1.165) is 0 Å². The maximum Gasteiger partial charge on any atom is 0.0148 e. The van der Waals surface area contributed by atoms with Gasteiger partial charge in [-0.3, -0.25) is 0 Å². The first kappa shape index (κ1) is 18.8. The van der Waals surface area contributed by atoms with Crippen molar-refractivity contribution in [1.29, 1.82) is 0 Å². The van der Waals surface area contributed by atoms with Crippen molar-refractivity contribution in [3.8, 4) is 0 Å². The van der Waals surface area contributed by atoms with Crippen LogP contribution in [0.4, 0.5) is 0 Å². The highest BCUT2D eigenvalue weighted by Crippen LogP contribution is 2.73. The zero-order chi connectivity index (χ0) is 18.4. The zero-order valence-corrected chi connectivity index (χ0v) is 18.1. The predicted octanol–water partition coefficient (Wildman–Crippen LogP) is 7.41. The summed E-state index contributed by atoms with van der Waals surface area (Å²) in [5, 5.41) is 0. The van der Waals surface area contributed by atoms with Crippen LogP contribution in [0.2, 0.25) is 0 Å². The van der Waals surface area contributed by atoms with Gasteiger partial charge in [-0.05, 0) is 49.9 Å². The Labute approximate surface area is 145 Å². The second-order valence-corrected chi connectivity index (χ2v) is 10.5. The molecular weight excluding hydrogens is 276 g/mol. The highest BCUT2D eigenvalue weighted by Gasteiger charge is 2.65. The first-order valence-corrected chi connectivity index (χ1v) is 9.40. The number of fused-ring (bicyclic) bond motifs is 2. The van der Waals surface area contributed by atoms with Crippen LogP contribution < -0.4 is 0 Å². The molecule has 0 saturated heterocycles. The molecule has 0 amide bonds. The minimum absolute atomic E-state index is 0.116. The van der Waals surface area contributed by atoms with Crippen LogP contribution in [0.1, 0.15) is 90.0 Å². The summed E-state index contributed by atoms with van der Waals surface area (Å²) in [6.07, 6.45) is 0. The third-order valence-corrected chi connectivity index (χ3v) is 10.4. The maximum absolute atomic E-state index is 2.54. The summed E-state index contributed by atoms with van der Waals surface area (Å²) in [4.78, 5) is 0. The van der Waals surface area contributed by atoms with Gasteiger partial charge in [-0.25, -0.2) is 0 Å². The smallest absolute Gasteiger partial charge is 0.0148 e. The molecule has 0 N–H and O–H groups in total. The van der Waals surface area contributed by atoms with E-state index in [0.29, 0.717) is 5.92 Å². The quantitative estimate of drug-likeness (QED) is 0.408. The fraction of sp³-hybridized carbons (Fsp3) is 0.826. The molecule has 2 aliphatic rings. The highest BCUT2D eigenvalue weighted by molar-refractivity contribution is 5.47. The average molecular weight is 317 g/mol. The Bertz CT molecular complexity index is 608. The van der Waals surface area contributed by atoms with Crippen molar-refractivity contribution in [3.63, 3.8) is 0 Å². The molecule has 0 radical (unpaired) electrons. The molecule has 0 aromatic rings. The van der Waals surface area contributed by atoms with E-state index in [4.69, 9.17) is 0 Å². The van der Waals surface area contributed by atoms with E-state index in [1.165, 1.54) is 0 Å². The van der Waals surface area contributed by atoms with Gasteiger partial charge in [0.2, 0.25) is 0 Å². The van der Waals surface area contributed by atoms with Crippen LogP contribution in [0.3, 0.4) is 0 Å². The van der Waals surface area contributed by atoms with Crippen molar-refractivity contribution in [2.24, 2.45) is 33.0 Å². The van der Waals surface area contributed by atoms with Crippen LogP contribution in [0.25, 0.3) is 0 Å². The Balaban J connectivity index is 3.15. The molecule has 0 saturated carbocycles. The Kier molecular flexibility index (Phi) is 3.72. The first-order chi connectivity index (χ1) is 10.0. The number of hydrogen-bond donors (Lipinski definition) is 0. The molecular formula is C23H40. The van der Waals surface area contributed by atoms with Crippen molar-refractivity contribution in [2.75, 3.05) is 0 Å². The van der Waals surface area contributed by atoms with Crippen LogP contribution >= 0.6 is 0 Å². The average Bonchev–Trinajstić information content (AvgIpc) is 2.50. The molecule has 0 aromatic heterocycles. The molecule has 0 nitrogen and oxygen atoms in total. The molecule has 0 aliphatic heterocycles. The summed E-state index contributed by atoms with van der Waals surface area (Å²) in [5.41, 5.74) is 7.37. The first-order valence-electron chi connectivity index (χ1n) is 9.40. The monoisotopic (exact) mass is 316 g/mol. The van der Waals surface area contributed by atoms with E-state index in [9.17, 15) is 0 Å². The van der Waals surface area contributed by atoms with E-state index >= 15 is 0 Å². The summed E-state index contributed by atoms with van der Waals surface area (Å²) in [7, 11) is 0. The molecule has 2 aliphatic carbocycles. The van der Waals surface area contributed by atoms with Gasteiger partial charge in [0.1, 0.15) is 0 Å². The minimum Gasteiger partial charge on any atom is -0.0670 e. The third kappa shape index (κ3) is 1.64. The molecule has 0 heteroatoms. The summed E-state index contributed by atoms with van der Waals surface area (Å²) in [6.45, 7) is 32.3. The van der Waals surface area contributed by atoms with Crippen LogP contribution in [0.15, 0.2) is 22.3 Å². The molecule has 23 heavy (non-hydrogen) atoms. The SMILES string of the molecule is CC1=C(C)C2(C)C(C)=C(C)C(C)(C(C)C(C)(C)C2(C)C)C1(C)C. The van der Waals surface area contributed by atoms with Crippen molar-refractivity contribution in [3.05, 3.63) is 22.3 Å². The van der Waals surface area contributed by atoms with Gasteiger partial charge in [-0.1, -0.05) is 84.6 Å². The van der Waals surface area contributed by atoms with Gasteiger partial charge in [-0.2, -0.15) is 0 Å². The van der Waals surface area contributed by atoms with E-state index in [1.54, 1.807) is 22.3 Å². The van der Waals surface area contributed by atoms with Crippen LogP contribution in [0, 0.1) is 33.0 Å². The molecule has 2 rings (SSSR count). The van der Waals surface area contributed by atoms with E-state index in [1.807, 2.05) is 0 Å². The maximum atomic E-state index is 2.54. The molecule has 0 spiro atoms. The van der Waals surface area contributed by atoms with Gasteiger partial charge >= 0.3 is 0 Å². The standard InChI is InChI=1S/C23H40/c1-14-15(2)22(12)16(3)17(4)23(13,19(14,6)7)18(5)20(8,9)21(22,10)11/h18H,1-13H3. The molecule has 132 valence electrons. The van der Waals surface area contributed by atoms with E-state index in [-0.39, 0.29) is 27.1 Å². The molecule has 3 unspecified atom stereocenters. The summed E-state index contributed by atoms with van der Waals surface area (Å²) in [5.74, 6) is 0.611. The molecule has 0 aromatic carbocycles. The van der Waals surface area contributed by atoms with Gasteiger partial charge in [0.05, 0.1) is 0 Å². The van der Waals surface area contributed by atoms with Gasteiger partial charge in [-0.15, -0.1) is 0 Å². The Morgan fingerprint density at radius 3 is 1.43 bits per heavy atom. The largest absolute Gasteiger partial charge is 0.0670 e. The Hall–Kier alpha value is -0.520. The Morgan fingerprint density at radius 2 is 1.00 bits per heavy atom. The Morgan fingerprint density at radius 1 is 0.609 bits per heavy atom. The molecule has 3 atom stereocenters. The van der Waals surface area contributed by atoms with Gasteiger partial charge < -0.3 is 0 Å². The second-order valence-electron chi connectivity index (χ2n) is 10.5. The van der Waals surface area contributed by atoms with Crippen molar-refractivity contribution >= 4 is 0 Å². The lowest BCUT2D eigenvalue weighted by molar-refractivity contribution is -0.0816. The predicted molar refractivity (Wildman–Crippen MR) is 103 cm³/mol. The lowest BCUT2D eigenvalue weighted by atomic mass is 9.42. The lowest BCUT2D eigenvalue weighted by Gasteiger charge is -2.62.